The van der Waals surface area contributed by atoms with Gasteiger partial charge in [-0.25, -0.2) is 0 Å². The molecule has 0 aliphatic rings. The third kappa shape index (κ3) is 4.86. The summed E-state index contributed by atoms with van der Waals surface area (Å²) in [6, 6.07) is 0. The molecule has 1 atom stereocenters. The first kappa shape index (κ1) is 11.5. The lowest BCUT2D eigenvalue weighted by Gasteiger charge is -2.14. The minimum absolute atomic E-state index is 0.436. The highest BCUT2D eigenvalue weighted by atomic mass is 32.2. The number of hydrogen-bond acceptors (Lipinski definition) is 4. The Kier molecular flexibility index (Phi) is 6.34. The van der Waals surface area contributed by atoms with E-state index in [-0.39, 0.29) is 0 Å². The first-order chi connectivity index (χ1) is 5.18. The smallest absolute Gasteiger partial charge is 0.309 e. The average molecular weight is 198 g/mol. The molecule has 0 aliphatic carbocycles. The van der Waals surface area contributed by atoms with Gasteiger partial charge in [0.1, 0.15) is 5.94 Å². The standard InChI is InChI=1S/C6H15O3PS/c1-4-8-10(7,5-2)9-6-11-3/h4-6H2,1-3H3. The van der Waals surface area contributed by atoms with E-state index in [0.29, 0.717) is 18.7 Å². The second-order valence-electron chi connectivity index (χ2n) is 1.88. The molecule has 0 saturated carbocycles. The Balaban J connectivity index is 3.79. The van der Waals surface area contributed by atoms with Gasteiger partial charge in [-0.15, -0.1) is 11.8 Å². The Morgan fingerprint density at radius 3 is 2.36 bits per heavy atom. The molecule has 0 N–H and O–H groups in total. The quantitative estimate of drug-likeness (QED) is 0.485. The molecule has 3 nitrogen and oxygen atoms in total. The van der Waals surface area contributed by atoms with Crippen LogP contribution in [0.5, 0.6) is 0 Å². The normalized spacial score (nSPS) is 16.3. The van der Waals surface area contributed by atoms with Gasteiger partial charge in [0.15, 0.2) is 0 Å². The predicted octanol–water partition coefficient (Wildman–Crippen LogP) is 2.57. The molecule has 0 heterocycles. The van der Waals surface area contributed by atoms with Crippen molar-refractivity contribution in [3.8, 4) is 0 Å². The Morgan fingerprint density at radius 2 is 2.00 bits per heavy atom. The average Bonchev–Trinajstić information content (AvgIpc) is 2.02. The molecule has 0 spiro atoms. The largest absolute Gasteiger partial charge is 0.331 e. The number of hydrogen-bond donors (Lipinski definition) is 0. The van der Waals surface area contributed by atoms with E-state index in [1.54, 1.807) is 6.92 Å². The van der Waals surface area contributed by atoms with Gasteiger partial charge in [-0.05, 0) is 13.2 Å². The highest BCUT2D eigenvalue weighted by molar-refractivity contribution is 7.98. The molecule has 0 aliphatic heterocycles. The Hall–Kier alpha value is 0.500. The first-order valence-corrected chi connectivity index (χ1v) is 6.67. The van der Waals surface area contributed by atoms with Crippen molar-refractivity contribution in [2.45, 2.75) is 13.8 Å². The van der Waals surface area contributed by atoms with Crippen LogP contribution in [0.25, 0.3) is 0 Å². The lowest BCUT2D eigenvalue weighted by atomic mass is 10.9. The van der Waals surface area contributed by atoms with Crippen LogP contribution in [0.15, 0.2) is 0 Å². The van der Waals surface area contributed by atoms with Crippen LogP contribution in [0.1, 0.15) is 13.8 Å². The number of thioether (sulfide) groups is 1. The van der Waals surface area contributed by atoms with Gasteiger partial charge in [-0.3, -0.25) is 9.09 Å². The van der Waals surface area contributed by atoms with Crippen LogP contribution in [0, 0.1) is 0 Å². The van der Waals surface area contributed by atoms with Gasteiger partial charge in [0, 0.05) is 6.16 Å². The Bertz CT molecular complexity index is 140. The summed E-state index contributed by atoms with van der Waals surface area (Å²) in [5.41, 5.74) is 0. The SMILES string of the molecule is CCOP(=O)(CC)OCSC. The molecule has 0 radical (unpaired) electrons. The highest BCUT2D eigenvalue weighted by Gasteiger charge is 2.19. The predicted molar refractivity (Wildman–Crippen MR) is 49.2 cm³/mol. The first-order valence-electron chi connectivity index (χ1n) is 3.55. The fourth-order valence-corrected chi connectivity index (χ4v) is 2.45. The van der Waals surface area contributed by atoms with E-state index in [0.717, 1.165) is 0 Å². The topological polar surface area (TPSA) is 35.5 Å². The van der Waals surface area contributed by atoms with Gasteiger partial charge in [-0.2, -0.15) is 0 Å². The van der Waals surface area contributed by atoms with Gasteiger partial charge in [0.05, 0.1) is 6.61 Å². The summed E-state index contributed by atoms with van der Waals surface area (Å²) >= 11 is 1.50. The van der Waals surface area contributed by atoms with Crippen LogP contribution in [0.4, 0.5) is 0 Å². The highest BCUT2D eigenvalue weighted by Crippen LogP contribution is 2.47. The van der Waals surface area contributed by atoms with Crippen molar-refractivity contribution in [3.63, 3.8) is 0 Å². The molecule has 0 amide bonds. The Labute approximate surface area is 72.4 Å². The van der Waals surface area contributed by atoms with E-state index in [1.807, 2.05) is 13.2 Å². The molecule has 0 bridgehead atoms. The van der Waals surface area contributed by atoms with E-state index < -0.39 is 7.60 Å². The molecular formula is C6H15O3PS. The summed E-state index contributed by atoms with van der Waals surface area (Å²) < 4.78 is 21.5. The minimum atomic E-state index is -2.74. The molecule has 5 heteroatoms. The third-order valence-electron chi connectivity index (χ3n) is 1.08. The van der Waals surface area contributed by atoms with Crippen molar-refractivity contribution < 1.29 is 13.6 Å². The molecule has 1 unspecified atom stereocenters. The summed E-state index contributed by atoms with van der Waals surface area (Å²) in [5.74, 6) is 0.436. The minimum Gasteiger partial charge on any atom is -0.309 e. The van der Waals surface area contributed by atoms with Gasteiger partial charge >= 0.3 is 7.60 Å². The molecular weight excluding hydrogens is 183 g/mol. The molecule has 0 aromatic heterocycles. The maximum Gasteiger partial charge on any atom is 0.331 e. The third-order valence-corrected chi connectivity index (χ3v) is 3.56. The zero-order valence-corrected chi connectivity index (χ0v) is 8.91. The van der Waals surface area contributed by atoms with Crippen molar-refractivity contribution >= 4 is 19.4 Å². The van der Waals surface area contributed by atoms with Crippen molar-refractivity contribution in [1.82, 2.24) is 0 Å². The lowest BCUT2D eigenvalue weighted by Crippen LogP contribution is -1.97. The molecule has 0 fully saturated rings. The van der Waals surface area contributed by atoms with Crippen molar-refractivity contribution in [3.05, 3.63) is 0 Å². The fraction of sp³-hybridized carbons (Fsp3) is 1.00. The van der Waals surface area contributed by atoms with E-state index in [9.17, 15) is 4.57 Å². The zero-order chi connectivity index (χ0) is 8.74. The fourth-order valence-electron chi connectivity index (χ4n) is 0.550. The summed E-state index contributed by atoms with van der Waals surface area (Å²) in [7, 11) is -2.74. The van der Waals surface area contributed by atoms with Crippen LogP contribution in [-0.2, 0) is 13.6 Å². The summed E-state index contributed by atoms with van der Waals surface area (Å²) in [5, 5.41) is 0. The second kappa shape index (κ2) is 6.06. The summed E-state index contributed by atoms with van der Waals surface area (Å²) in [4.78, 5) is 0. The van der Waals surface area contributed by atoms with Gasteiger partial charge in [0.2, 0.25) is 0 Å². The van der Waals surface area contributed by atoms with Crippen LogP contribution < -0.4 is 0 Å². The Morgan fingerprint density at radius 1 is 1.36 bits per heavy atom. The monoisotopic (exact) mass is 198 g/mol. The van der Waals surface area contributed by atoms with Gasteiger partial charge in [0.25, 0.3) is 0 Å². The summed E-state index contributed by atoms with van der Waals surface area (Å²) in [6.07, 6.45) is 2.34. The second-order valence-corrected chi connectivity index (χ2v) is 5.06. The van der Waals surface area contributed by atoms with E-state index in [4.69, 9.17) is 9.05 Å². The zero-order valence-electron chi connectivity index (χ0n) is 7.20. The molecule has 68 valence electrons. The molecule has 0 aromatic rings. The lowest BCUT2D eigenvalue weighted by molar-refractivity contribution is 0.239. The van der Waals surface area contributed by atoms with Crippen LogP contribution in [0.3, 0.4) is 0 Å². The van der Waals surface area contributed by atoms with Crippen molar-refractivity contribution in [1.29, 1.82) is 0 Å². The van der Waals surface area contributed by atoms with E-state index in [1.165, 1.54) is 11.8 Å². The van der Waals surface area contributed by atoms with Gasteiger partial charge in [-0.1, -0.05) is 6.92 Å². The molecule has 11 heavy (non-hydrogen) atoms. The number of rotatable bonds is 6. The van der Waals surface area contributed by atoms with Crippen LogP contribution in [0.2, 0.25) is 0 Å². The maximum atomic E-state index is 11.5. The maximum absolute atomic E-state index is 11.5. The van der Waals surface area contributed by atoms with E-state index in [2.05, 4.69) is 0 Å². The molecule has 0 saturated heterocycles. The van der Waals surface area contributed by atoms with Crippen LogP contribution >= 0.6 is 19.4 Å². The van der Waals surface area contributed by atoms with Gasteiger partial charge < -0.3 is 4.52 Å². The molecule has 0 aromatic carbocycles. The molecule has 0 rings (SSSR count). The van der Waals surface area contributed by atoms with E-state index >= 15 is 0 Å². The van der Waals surface area contributed by atoms with Crippen LogP contribution in [-0.4, -0.2) is 25.0 Å². The van der Waals surface area contributed by atoms with Crippen molar-refractivity contribution in [2.75, 3.05) is 25.0 Å². The van der Waals surface area contributed by atoms with Crippen molar-refractivity contribution in [2.24, 2.45) is 0 Å². The summed E-state index contributed by atoms with van der Waals surface area (Å²) in [6.45, 7) is 4.06.